The van der Waals surface area contributed by atoms with E-state index >= 15 is 0 Å². The summed E-state index contributed by atoms with van der Waals surface area (Å²) in [5, 5.41) is 33.7. The first kappa shape index (κ1) is 45.4. The maximum absolute atomic E-state index is 11.0. The Morgan fingerprint density at radius 3 is 1.90 bits per heavy atom. The Morgan fingerprint density at radius 2 is 1.22 bits per heavy atom. The number of anilines is 3. The highest BCUT2D eigenvalue weighted by Gasteiger charge is 2.21. The number of hydrogen-bond donors (Lipinski definition) is 3. The third-order valence-corrected chi connectivity index (χ3v) is 12.6. The van der Waals surface area contributed by atoms with Gasteiger partial charge >= 0.3 is 0 Å². The summed E-state index contributed by atoms with van der Waals surface area (Å²) < 4.78 is 2.13. The molecule has 336 valence electrons. The first-order valence-electron chi connectivity index (χ1n) is 23.2. The van der Waals surface area contributed by atoms with E-state index in [1.165, 1.54) is 22.8 Å². The van der Waals surface area contributed by atoms with Crippen LogP contribution in [0.3, 0.4) is 0 Å². The Hall–Kier alpha value is -8.74. The number of nitrogens with zero attached hydrogens (tertiary/aromatic N) is 2. The number of benzene rings is 7. The SMILES string of the molecule is Bc1cc(O)c(-c2ccc(N(c3ccc(C4=C/CC/C=C(c5ccccc5)/C=C\4)cc3)c3ccccc3-c3cccc(-c4cccc5c4c(/C=C\C=C/C)cn5C(=C)/C=C\C=C)c3)cc2)c(O)c1O. The fraction of sp³-hybridized carbons (Fsp3) is 0.0476. The van der Waals surface area contributed by atoms with Gasteiger partial charge in [0.1, 0.15) is 13.6 Å². The van der Waals surface area contributed by atoms with Crippen molar-refractivity contribution in [3.8, 4) is 50.6 Å². The van der Waals surface area contributed by atoms with E-state index in [1.54, 1.807) is 13.9 Å². The highest BCUT2D eigenvalue weighted by atomic mass is 16.3. The molecule has 0 fully saturated rings. The van der Waals surface area contributed by atoms with E-state index < -0.39 is 0 Å². The van der Waals surface area contributed by atoms with Crippen LogP contribution in [0.25, 0.3) is 67.2 Å². The van der Waals surface area contributed by atoms with Gasteiger partial charge in [-0.15, -0.1) is 0 Å². The van der Waals surface area contributed by atoms with E-state index in [9.17, 15) is 15.3 Å². The predicted molar refractivity (Wildman–Crippen MR) is 295 cm³/mol. The minimum Gasteiger partial charge on any atom is -0.507 e. The van der Waals surface area contributed by atoms with Crippen molar-refractivity contribution in [2.45, 2.75) is 19.8 Å². The molecular formula is C63H53BN2O3. The third-order valence-electron chi connectivity index (χ3n) is 12.6. The van der Waals surface area contributed by atoms with Gasteiger partial charge in [-0.25, -0.2) is 0 Å². The molecule has 0 spiro atoms. The molecule has 3 N–H and O–H groups in total. The van der Waals surface area contributed by atoms with Gasteiger partial charge < -0.3 is 24.8 Å². The van der Waals surface area contributed by atoms with Gasteiger partial charge in [-0.05, 0) is 124 Å². The van der Waals surface area contributed by atoms with Crippen LogP contribution in [-0.4, -0.2) is 27.7 Å². The lowest BCUT2D eigenvalue weighted by Crippen LogP contribution is -2.11. The largest absolute Gasteiger partial charge is 0.507 e. The Labute approximate surface area is 406 Å². The van der Waals surface area contributed by atoms with Crippen molar-refractivity contribution in [3.05, 3.63) is 248 Å². The van der Waals surface area contributed by atoms with Gasteiger partial charge in [0.05, 0.1) is 16.8 Å². The maximum Gasteiger partial charge on any atom is 0.168 e. The van der Waals surface area contributed by atoms with Crippen molar-refractivity contribution in [2.75, 3.05) is 4.90 Å². The topological polar surface area (TPSA) is 68.9 Å². The van der Waals surface area contributed by atoms with Crippen molar-refractivity contribution >= 4 is 64.2 Å². The summed E-state index contributed by atoms with van der Waals surface area (Å²) in [5.74, 6) is -0.725. The van der Waals surface area contributed by atoms with Crippen LogP contribution in [0, 0.1) is 0 Å². The summed E-state index contributed by atoms with van der Waals surface area (Å²) >= 11 is 0. The number of hydrogen-bond acceptors (Lipinski definition) is 4. The van der Waals surface area contributed by atoms with Crippen molar-refractivity contribution in [1.82, 2.24) is 4.57 Å². The smallest absolute Gasteiger partial charge is 0.168 e. The van der Waals surface area contributed by atoms with Gasteiger partial charge in [0.2, 0.25) is 0 Å². The van der Waals surface area contributed by atoms with E-state index in [0.29, 0.717) is 11.0 Å². The number of rotatable bonds is 13. The molecule has 0 unspecified atom stereocenters. The molecule has 9 rings (SSSR count). The third kappa shape index (κ3) is 9.47. The van der Waals surface area contributed by atoms with Crippen LogP contribution in [0.5, 0.6) is 17.2 Å². The number of phenols is 3. The van der Waals surface area contributed by atoms with Gasteiger partial charge in [-0.3, -0.25) is 0 Å². The first-order chi connectivity index (χ1) is 33.7. The fourth-order valence-corrected chi connectivity index (χ4v) is 9.13. The van der Waals surface area contributed by atoms with Crippen LogP contribution in [0.4, 0.5) is 17.1 Å². The van der Waals surface area contributed by atoms with E-state index in [0.717, 1.165) is 79.9 Å². The van der Waals surface area contributed by atoms with Crippen LogP contribution < -0.4 is 10.4 Å². The minimum absolute atomic E-state index is 0.111. The van der Waals surface area contributed by atoms with E-state index in [2.05, 4.69) is 181 Å². The van der Waals surface area contributed by atoms with Crippen LogP contribution in [-0.2, 0) is 0 Å². The average molecular weight is 897 g/mol. The standard InChI is InChI=1S/C63H53BN2O3/c1-4-6-9-23-51-42-65(43(3)18-7-5-2)58-29-17-27-55(60(51)58)50-25-16-24-49(40-50)54-26-14-15-28-57(54)66(53-38-34-48(35-39-53)61-59(67)41-56(64)62(68)63(61)69)52-36-32-47(33-37-52)46-22-13-12-21-45(30-31-46)44-19-10-8-11-20-44/h4-11,14-42,67-69H,2-3,12-13,64H2,1H3/b6-4-,18-7-,23-9-,31-30-,45-21-,46-22+. The van der Waals surface area contributed by atoms with Gasteiger partial charge in [0.25, 0.3) is 0 Å². The fourth-order valence-electron chi connectivity index (χ4n) is 9.13. The van der Waals surface area contributed by atoms with Crippen LogP contribution in [0.15, 0.2) is 232 Å². The molecule has 1 aliphatic carbocycles. The lowest BCUT2D eigenvalue weighted by Gasteiger charge is -2.28. The molecule has 1 aromatic heterocycles. The van der Waals surface area contributed by atoms with Crippen LogP contribution in [0.1, 0.15) is 36.5 Å². The van der Waals surface area contributed by atoms with Crippen molar-refractivity contribution in [1.29, 1.82) is 0 Å². The second kappa shape index (κ2) is 20.4. The zero-order valence-electron chi connectivity index (χ0n) is 38.9. The normalized spacial score (nSPS) is 14.9. The van der Waals surface area contributed by atoms with Gasteiger partial charge in [0, 0.05) is 39.8 Å². The molecule has 7 aromatic carbocycles. The zero-order chi connectivity index (χ0) is 47.9. The molecule has 0 radical (unpaired) electrons. The lowest BCUT2D eigenvalue weighted by molar-refractivity contribution is 0.402. The molecule has 5 nitrogen and oxygen atoms in total. The number of allylic oxidation sites excluding steroid dienone is 13. The van der Waals surface area contributed by atoms with Gasteiger partial charge in [-0.1, -0.05) is 177 Å². The molecule has 0 saturated carbocycles. The van der Waals surface area contributed by atoms with Crippen molar-refractivity contribution in [2.24, 2.45) is 0 Å². The number of aromatic nitrogens is 1. The summed E-state index contributed by atoms with van der Waals surface area (Å²) in [4.78, 5) is 2.24. The zero-order valence-corrected chi connectivity index (χ0v) is 38.9. The Balaban J connectivity index is 1.15. The maximum atomic E-state index is 11.0. The second-order valence-corrected chi connectivity index (χ2v) is 17.0. The molecule has 0 aliphatic heterocycles. The molecule has 0 amide bonds. The van der Waals surface area contributed by atoms with E-state index in [4.69, 9.17) is 0 Å². The Morgan fingerprint density at radius 1 is 0.623 bits per heavy atom. The average Bonchev–Trinajstić information content (AvgIpc) is 3.75. The van der Waals surface area contributed by atoms with Crippen molar-refractivity contribution in [3.63, 3.8) is 0 Å². The second-order valence-electron chi connectivity index (χ2n) is 17.0. The molecule has 1 aliphatic rings. The van der Waals surface area contributed by atoms with E-state index in [-0.39, 0.29) is 22.8 Å². The molecule has 0 atom stereocenters. The highest BCUT2D eigenvalue weighted by Crippen LogP contribution is 2.46. The summed E-state index contributed by atoms with van der Waals surface area (Å²) in [6.45, 7) is 10.3. The quantitative estimate of drug-likeness (QED) is 0.0467. The summed E-state index contributed by atoms with van der Waals surface area (Å²) in [6, 6.07) is 52.0. The molecule has 6 heteroatoms. The summed E-state index contributed by atoms with van der Waals surface area (Å²) in [6.07, 6.45) is 27.0. The Kier molecular flexibility index (Phi) is 13.4. The molecule has 69 heavy (non-hydrogen) atoms. The number of fused-ring (bicyclic) bond motifs is 1. The first-order valence-corrected chi connectivity index (χ1v) is 23.2. The Bertz CT molecular complexity index is 3400. The number of para-hydroxylation sites is 1. The molecular weight excluding hydrogens is 844 g/mol. The van der Waals surface area contributed by atoms with Gasteiger partial charge in [0.15, 0.2) is 11.5 Å². The van der Waals surface area contributed by atoms with Crippen LogP contribution in [0.2, 0.25) is 0 Å². The molecule has 1 heterocycles. The molecule has 8 aromatic rings. The summed E-state index contributed by atoms with van der Waals surface area (Å²) in [5.41, 5.74) is 15.8. The lowest BCUT2D eigenvalue weighted by atomic mass is 9.90. The number of aromatic hydroxyl groups is 3. The summed E-state index contributed by atoms with van der Waals surface area (Å²) in [7, 11) is 1.64. The van der Waals surface area contributed by atoms with Crippen molar-refractivity contribution < 1.29 is 15.3 Å². The van der Waals surface area contributed by atoms with Gasteiger partial charge in [-0.2, -0.15) is 0 Å². The van der Waals surface area contributed by atoms with Crippen LogP contribution >= 0.6 is 0 Å². The van der Waals surface area contributed by atoms with E-state index in [1.807, 2.05) is 61.6 Å². The highest BCUT2D eigenvalue weighted by molar-refractivity contribution is 6.35. The predicted octanol–water partition coefficient (Wildman–Crippen LogP) is 15.1. The minimum atomic E-state index is -0.357. The molecule has 0 bridgehead atoms. The monoisotopic (exact) mass is 896 g/mol. The number of phenolic OH excluding ortho intramolecular Hbond substituents is 3. The molecule has 0 saturated heterocycles.